The Kier molecular flexibility index (Phi) is 3.58. The third kappa shape index (κ3) is 2.62. The highest BCUT2D eigenvalue weighted by molar-refractivity contribution is 8.01. The third-order valence-electron chi connectivity index (χ3n) is 4.37. The van der Waals surface area contributed by atoms with Crippen LogP contribution in [0.4, 0.5) is 5.69 Å². The topological polar surface area (TPSA) is 20.3 Å². The predicted octanol–water partition coefficient (Wildman–Crippen LogP) is 4.52. The molecular weight excluding hydrogens is 302 g/mol. The molecule has 0 bridgehead atoms. The van der Waals surface area contributed by atoms with Crippen molar-refractivity contribution in [2.75, 3.05) is 11.9 Å². The first kappa shape index (κ1) is 14.3. The molecule has 0 saturated carbocycles. The second kappa shape index (κ2) is 5.74. The van der Waals surface area contributed by atoms with Crippen LogP contribution in [0.2, 0.25) is 0 Å². The fourth-order valence-corrected chi connectivity index (χ4v) is 4.34. The summed E-state index contributed by atoms with van der Waals surface area (Å²) in [5, 5.41) is 2.33. The van der Waals surface area contributed by atoms with Gasteiger partial charge in [0.2, 0.25) is 5.91 Å². The normalized spacial score (nSPS) is 16.3. The van der Waals surface area contributed by atoms with Crippen LogP contribution in [0.15, 0.2) is 71.6 Å². The average Bonchev–Trinajstić information content (AvgIpc) is 3.04. The van der Waals surface area contributed by atoms with Gasteiger partial charge >= 0.3 is 0 Å². The second-order valence-corrected chi connectivity index (χ2v) is 7.09. The van der Waals surface area contributed by atoms with E-state index in [1.165, 1.54) is 15.8 Å². The van der Waals surface area contributed by atoms with E-state index in [1.807, 2.05) is 37.4 Å². The molecule has 0 spiro atoms. The summed E-state index contributed by atoms with van der Waals surface area (Å²) >= 11 is 1.68. The van der Waals surface area contributed by atoms with E-state index in [-0.39, 0.29) is 11.2 Å². The number of anilines is 1. The van der Waals surface area contributed by atoms with Crippen LogP contribution in [0.5, 0.6) is 0 Å². The van der Waals surface area contributed by atoms with E-state index in [0.29, 0.717) is 0 Å². The summed E-state index contributed by atoms with van der Waals surface area (Å²) in [5.74, 6) is 0.168. The average molecular weight is 319 g/mol. The van der Waals surface area contributed by atoms with Gasteiger partial charge in [-0.05, 0) is 41.0 Å². The van der Waals surface area contributed by atoms with Crippen molar-refractivity contribution < 1.29 is 4.79 Å². The van der Waals surface area contributed by atoms with Crippen molar-refractivity contribution in [3.8, 4) is 0 Å². The van der Waals surface area contributed by atoms with Gasteiger partial charge in [-0.1, -0.05) is 48.5 Å². The number of hydrogen-bond acceptors (Lipinski definition) is 2. The Labute approximate surface area is 140 Å². The van der Waals surface area contributed by atoms with Crippen molar-refractivity contribution in [2.24, 2.45) is 0 Å². The molecular formula is C20H17NOS. The number of fused-ring (bicyclic) bond motifs is 2. The van der Waals surface area contributed by atoms with Crippen LogP contribution in [0.3, 0.4) is 0 Å². The maximum absolute atomic E-state index is 12.9. The zero-order valence-electron chi connectivity index (χ0n) is 12.9. The largest absolute Gasteiger partial charge is 0.314 e. The molecule has 1 amide bonds. The number of nitrogens with zero attached hydrogens (tertiary/aromatic N) is 1. The molecule has 2 nitrogen and oxygen atoms in total. The van der Waals surface area contributed by atoms with Crippen LogP contribution in [-0.2, 0) is 11.2 Å². The van der Waals surface area contributed by atoms with Crippen LogP contribution in [0.1, 0.15) is 5.56 Å². The van der Waals surface area contributed by atoms with Gasteiger partial charge in [0.05, 0.1) is 5.25 Å². The Bertz CT molecular complexity index is 864. The first-order chi connectivity index (χ1) is 11.2. The molecule has 0 saturated heterocycles. The zero-order chi connectivity index (χ0) is 15.8. The zero-order valence-corrected chi connectivity index (χ0v) is 13.7. The number of rotatable bonds is 2. The molecule has 0 aliphatic carbocycles. The second-order valence-electron chi connectivity index (χ2n) is 5.85. The minimum atomic E-state index is -0.0242. The molecule has 1 heterocycles. The fraction of sp³-hybridized carbons (Fsp3) is 0.150. The Morgan fingerprint density at radius 1 is 1.00 bits per heavy atom. The minimum Gasteiger partial charge on any atom is -0.314 e. The van der Waals surface area contributed by atoms with Gasteiger partial charge in [0, 0.05) is 17.6 Å². The van der Waals surface area contributed by atoms with Crippen molar-refractivity contribution >= 4 is 34.1 Å². The first-order valence-electron chi connectivity index (χ1n) is 7.73. The molecule has 1 unspecified atom stereocenters. The number of thioether (sulfide) groups is 1. The summed E-state index contributed by atoms with van der Waals surface area (Å²) in [7, 11) is 1.87. The standard InChI is InChI=1S/C20H17NOS/c1-21(17-11-10-14-6-2-3-7-15(14)12-17)20(22)19-13-16-8-4-5-9-18(16)23-19/h2-12,19H,13H2,1H3. The van der Waals surface area contributed by atoms with Crippen molar-refractivity contribution in [1.82, 2.24) is 0 Å². The van der Waals surface area contributed by atoms with E-state index in [1.54, 1.807) is 16.7 Å². The summed E-state index contributed by atoms with van der Waals surface area (Å²) in [6, 6.07) is 22.7. The van der Waals surface area contributed by atoms with Crippen molar-refractivity contribution in [2.45, 2.75) is 16.6 Å². The lowest BCUT2D eigenvalue weighted by Crippen LogP contribution is -2.34. The van der Waals surface area contributed by atoms with Crippen LogP contribution in [-0.4, -0.2) is 18.2 Å². The third-order valence-corrected chi connectivity index (χ3v) is 5.68. The lowest BCUT2D eigenvalue weighted by atomic mass is 10.1. The fourth-order valence-electron chi connectivity index (χ4n) is 3.05. The Morgan fingerprint density at radius 3 is 2.57 bits per heavy atom. The van der Waals surface area contributed by atoms with E-state index < -0.39 is 0 Å². The van der Waals surface area contributed by atoms with Gasteiger partial charge in [-0.3, -0.25) is 4.79 Å². The monoisotopic (exact) mass is 319 g/mol. The molecule has 23 heavy (non-hydrogen) atoms. The molecule has 114 valence electrons. The van der Waals surface area contributed by atoms with E-state index in [4.69, 9.17) is 0 Å². The molecule has 0 radical (unpaired) electrons. The predicted molar refractivity (Wildman–Crippen MR) is 97.1 cm³/mol. The van der Waals surface area contributed by atoms with Gasteiger partial charge < -0.3 is 4.90 Å². The maximum Gasteiger partial charge on any atom is 0.240 e. The lowest BCUT2D eigenvalue weighted by Gasteiger charge is -2.21. The SMILES string of the molecule is CN(C(=O)C1Cc2ccccc2S1)c1ccc2ccccc2c1. The molecule has 0 aromatic heterocycles. The van der Waals surface area contributed by atoms with E-state index in [2.05, 4.69) is 36.4 Å². The number of amides is 1. The quantitative estimate of drug-likeness (QED) is 0.692. The van der Waals surface area contributed by atoms with E-state index >= 15 is 0 Å². The van der Waals surface area contributed by atoms with Crippen LogP contribution in [0.25, 0.3) is 10.8 Å². The van der Waals surface area contributed by atoms with Gasteiger partial charge in [0.15, 0.2) is 0 Å². The Balaban J connectivity index is 1.58. The molecule has 0 fully saturated rings. The molecule has 4 rings (SSSR count). The highest BCUT2D eigenvalue weighted by atomic mass is 32.2. The summed E-state index contributed by atoms with van der Waals surface area (Å²) in [6.07, 6.45) is 0.817. The lowest BCUT2D eigenvalue weighted by molar-refractivity contribution is -0.117. The molecule has 3 aromatic rings. The molecule has 1 atom stereocenters. The number of benzene rings is 3. The molecule has 1 aliphatic heterocycles. The molecule has 3 aromatic carbocycles. The maximum atomic E-state index is 12.9. The van der Waals surface area contributed by atoms with E-state index in [0.717, 1.165) is 17.5 Å². The van der Waals surface area contributed by atoms with Gasteiger partial charge in [-0.25, -0.2) is 0 Å². The molecule has 0 N–H and O–H groups in total. The van der Waals surface area contributed by atoms with Gasteiger partial charge in [-0.2, -0.15) is 0 Å². The van der Waals surface area contributed by atoms with Gasteiger partial charge in [0.25, 0.3) is 0 Å². The van der Waals surface area contributed by atoms with Crippen LogP contribution >= 0.6 is 11.8 Å². The highest BCUT2D eigenvalue weighted by Gasteiger charge is 2.30. The highest BCUT2D eigenvalue weighted by Crippen LogP contribution is 2.38. The Morgan fingerprint density at radius 2 is 1.74 bits per heavy atom. The number of carbonyl (C=O) groups excluding carboxylic acids is 1. The molecule has 1 aliphatic rings. The van der Waals surface area contributed by atoms with E-state index in [9.17, 15) is 4.79 Å². The summed E-state index contributed by atoms with van der Waals surface area (Å²) in [5.41, 5.74) is 2.23. The molecule has 3 heteroatoms. The minimum absolute atomic E-state index is 0.0242. The van der Waals surface area contributed by atoms with Crippen LogP contribution in [0, 0.1) is 0 Å². The van der Waals surface area contributed by atoms with Gasteiger partial charge in [0.1, 0.15) is 0 Å². The smallest absolute Gasteiger partial charge is 0.240 e. The number of hydrogen-bond donors (Lipinski definition) is 0. The first-order valence-corrected chi connectivity index (χ1v) is 8.61. The van der Waals surface area contributed by atoms with Crippen molar-refractivity contribution in [3.05, 3.63) is 72.3 Å². The number of carbonyl (C=O) groups is 1. The van der Waals surface area contributed by atoms with Crippen molar-refractivity contribution in [3.63, 3.8) is 0 Å². The Hall–Kier alpha value is -2.26. The summed E-state index contributed by atoms with van der Waals surface area (Å²) < 4.78 is 0. The summed E-state index contributed by atoms with van der Waals surface area (Å²) in [6.45, 7) is 0. The van der Waals surface area contributed by atoms with Crippen molar-refractivity contribution in [1.29, 1.82) is 0 Å². The summed E-state index contributed by atoms with van der Waals surface area (Å²) in [4.78, 5) is 15.9. The van der Waals surface area contributed by atoms with Crippen LogP contribution < -0.4 is 4.90 Å². The van der Waals surface area contributed by atoms with Gasteiger partial charge in [-0.15, -0.1) is 11.8 Å².